The number of nitrogens with one attached hydrogen (secondary N) is 1. The second-order valence-electron chi connectivity index (χ2n) is 2.30. The van der Waals surface area contributed by atoms with Crippen LogP contribution in [0.15, 0.2) is 30.5 Å². The van der Waals surface area contributed by atoms with Crippen molar-refractivity contribution in [2.24, 2.45) is 0 Å². The van der Waals surface area contributed by atoms with Crippen LogP contribution < -0.4 is 5.73 Å². The maximum atomic E-state index is 7.31. The average Bonchev–Trinajstić information content (AvgIpc) is 2.04. The number of hydrogen-bond donors (Lipinski definition) is 0. The Bertz CT molecular complexity index is 384. The number of hydrogen-bond acceptors (Lipinski definition) is 2. The van der Waals surface area contributed by atoms with Gasteiger partial charge in [-0.15, -0.1) is 0 Å². The van der Waals surface area contributed by atoms with Crippen molar-refractivity contribution in [3.05, 3.63) is 30.5 Å². The molecule has 0 bridgehead atoms. The molecule has 0 amide bonds. The molecule has 1 aromatic heterocycles. The predicted octanol–water partition coefficient (Wildman–Crippen LogP) is 1.54. The lowest BCUT2D eigenvalue weighted by atomic mass is 10.2. The molecule has 0 saturated heterocycles. The first-order valence-corrected chi connectivity index (χ1v) is 3.29. The summed E-state index contributed by atoms with van der Waals surface area (Å²) in [5, 5.41) is 8.62. The Morgan fingerprint density at radius 2 is 2.09 bits per heavy atom. The second-order valence-corrected chi connectivity index (χ2v) is 2.30. The Hall–Kier alpha value is -1.64. The quantitative estimate of drug-likeness (QED) is 0.563. The van der Waals surface area contributed by atoms with Crippen molar-refractivity contribution in [2.45, 2.75) is 0 Å². The molecule has 0 saturated carbocycles. The maximum Gasteiger partial charge on any atom is 0.0950 e. The summed E-state index contributed by atoms with van der Waals surface area (Å²) in [6.45, 7) is 0. The second kappa shape index (κ2) is 2.20. The van der Waals surface area contributed by atoms with E-state index in [0.717, 1.165) is 10.9 Å². The number of nitrogens with zero attached hydrogens (tertiary/aromatic N) is 2. The van der Waals surface area contributed by atoms with Crippen LogP contribution in [-0.2, 0) is 0 Å². The minimum Gasteiger partial charge on any atom is -0.301 e. The lowest BCUT2D eigenvalue weighted by Crippen LogP contribution is -1.81. The predicted molar refractivity (Wildman–Crippen MR) is 42.3 cm³/mol. The van der Waals surface area contributed by atoms with E-state index in [1.807, 2.05) is 12.1 Å². The van der Waals surface area contributed by atoms with Crippen LogP contribution in [-0.4, -0.2) is 10.2 Å². The molecule has 53 valence electrons. The maximum absolute atomic E-state index is 7.31. The van der Waals surface area contributed by atoms with Gasteiger partial charge in [0.1, 0.15) is 0 Å². The zero-order valence-electron chi connectivity index (χ0n) is 5.78. The van der Waals surface area contributed by atoms with Crippen LogP contribution in [0.3, 0.4) is 0 Å². The molecule has 1 N–H and O–H groups in total. The molecule has 0 unspecified atom stereocenters. The minimum absolute atomic E-state index is 0.470. The summed E-state index contributed by atoms with van der Waals surface area (Å²) in [5.41, 5.74) is 8.56. The molecule has 2 rings (SSSR count). The van der Waals surface area contributed by atoms with E-state index in [9.17, 15) is 0 Å². The van der Waals surface area contributed by atoms with E-state index in [1.54, 1.807) is 18.3 Å². The van der Waals surface area contributed by atoms with Crippen molar-refractivity contribution in [1.82, 2.24) is 15.9 Å². The fraction of sp³-hybridized carbons (Fsp3) is 0. The highest BCUT2D eigenvalue weighted by molar-refractivity contribution is 5.80. The van der Waals surface area contributed by atoms with Crippen LogP contribution in [0.1, 0.15) is 0 Å². The summed E-state index contributed by atoms with van der Waals surface area (Å²) < 4.78 is 0. The van der Waals surface area contributed by atoms with Gasteiger partial charge in [-0.3, -0.25) is 0 Å². The first-order valence-electron chi connectivity index (χ1n) is 3.29. The van der Waals surface area contributed by atoms with Gasteiger partial charge in [-0.05, 0) is 18.2 Å². The van der Waals surface area contributed by atoms with Gasteiger partial charge >= 0.3 is 0 Å². The molecule has 3 nitrogen and oxygen atoms in total. The number of benzene rings is 1. The van der Waals surface area contributed by atoms with Gasteiger partial charge in [0.25, 0.3) is 0 Å². The third-order valence-corrected chi connectivity index (χ3v) is 1.52. The van der Waals surface area contributed by atoms with E-state index >= 15 is 0 Å². The number of aromatic nitrogens is 2. The lowest BCUT2D eigenvalue weighted by molar-refractivity contribution is 1.08. The molecule has 0 aliphatic heterocycles. The summed E-state index contributed by atoms with van der Waals surface area (Å²) in [4.78, 5) is 0. The fourth-order valence-electron chi connectivity index (χ4n) is 0.980. The third-order valence-electron chi connectivity index (χ3n) is 1.52. The summed E-state index contributed by atoms with van der Waals surface area (Å²) in [6.07, 6.45) is 1.64. The zero-order chi connectivity index (χ0) is 7.68. The Labute approximate surface area is 63.9 Å². The molecule has 1 aromatic carbocycles. The summed E-state index contributed by atoms with van der Waals surface area (Å²) in [6, 6.07) is 7.18. The van der Waals surface area contributed by atoms with Crippen LogP contribution in [0.25, 0.3) is 10.9 Å². The SMILES string of the molecule is [NH]c1ccc2ccnnc2c1. The number of rotatable bonds is 0. The van der Waals surface area contributed by atoms with Gasteiger partial charge in [-0.25, -0.2) is 0 Å². The van der Waals surface area contributed by atoms with Crippen LogP contribution in [0.2, 0.25) is 0 Å². The molecule has 0 spiro atoms. The summed E-state index contributed by atoms with van der Waals surface area (Å²) in [5.74, 6) is 0. The normalized spacial score (nSPS) is 10.2. The van der Waals surface area contributed by atoms with Crippen molar-refractivity contribution >= 4 is 16.6 Å². The largest absolute Gasteiger partial charge is 0.301 e. The van der Waals surface area contributed by atoms with E-state index < -0.39 is 0 Å². The van der Waals surface area contributed by atoms with E-state index in [1.165, 1.54) is 0 Å². The van der Waals surface area contributed by atoms with Crippen LogP contribution in [0, 0.1) is 0 Å². The molecule has 1 heterocycles. The van der Waals surface area contributed by atoms with Gasteiger partial charge in [-0.1, -0.05) is 6.07 Å². The van der Waals surface area contributed by atoms with Gasteiger partial charge in [-0.2, -0.15) is 10.2 Å². The Morgan fingerprint density at radius 1 is 1.18 bits per heavy atom. The van der Waals surface area contributed by atoms with Crippen molar-refractivity contribution in [2.75, 3.05) is 0 Å². The van der Waals surface area contributed by atoms with E-state index in [0.29, 0.717) is 5.69 Å². The smallest absolute Gasteiger partial charge is 0.0950 e. The first kappa shape index (κ1) is 6.09. The molecule has 0 fully saturated rings. The highest BCUT2D eigenvalue weighted by atomic mass is 15.1. The highest BCUT2D eigenvalue weighted by Crippen LogP contribution is 2.13. The molecule has 2 aromatic rings. The average molecular weight is 144 g/mol. The standard InChI is InChI=1S/C8H6N3/c9-7-2-1-6-3-4-10-11-8(6)5-7/h1-5,9H. The summed E-state index contributed by atoms with van der Waals surface area (Å²) in [7, 11) is 0. The Morgan fingerprint density at radius 3 is 3.00 bits per heavy atom. The van der Waals surface area contributed by atoms with Crippen LogP contribution in [0.4, 0.5) is 5.69 Å². The monoisotopic (exact) mass is 144 g/mol. The van der Waals surface area contributed by atoms with Gasteiger partial charge in [0.05, 0.1) is 17.4 Å². The van der Waals surface area contributed by atoms with Crippen molar-refractivity contribution in [3.8, 4) is 0 Å². The van der Waals surface area contributed by atoms with E-state index in [4.69, 9.17) is 5.73 Å². The minimum atomic E-state index is 0.470. The zero-order valence-corrected chi connectivity index (χ0v) is 5.78. The van der Waals surface area contributed by atoms with Gasteiger partial charge in [0, 0.05) is 5.39 Å². The van der Waals surface area contributed by atoms with Crippen LogP contribution in [0.5, 0.6) is 0 Å². The Kier molecular flexibility index (Phi) is 1.22. The molecule has 0 atom stereocenters. The molecule has 11 heavy (non-hydrogen) atoms. The topological polar surface area (TPSA) is 49.6 Å². The molecule has 3 heteroatoms. The number of fused-ring (bicyclic) bond motifs is 1. The molecular weight excluding hydrogens is 138 g/mol. The van der Waals surface area contributed by atoms with Crippen molar-refractivity contribution < 1.29 is 0 Å². The fourth-order valence-corrected chi connectivity index (χ4v) is 0.980. The molecule has 1 radical (unpaired) electrons. The highest BCUT2D eigenvalue weighted by Gasteiger charge is 1.92. The van der Waals surface area contributed by atoms with Gasteiger partial charge in [0.2, 0.25) is 0 Å². The van der Waals surface area contributed by atoms with Crippen molar-refractivity contribution in [3.63, 3.8) is 0 Å². The van der Waals surface area contributed by atoms with Crippen molar-refractivity contribution in [1.29, 1.82) is 0 Å². The molecular formula is C8H6N3. The first-order chi connectivity index (χ1) is 5.36. The molecule has 0 aliphatic carbocycles. The lowest BCUT2D eigenvalue weighted by Gasteiger charge is -1.94. The third kappa shape index (κ3) is 1.00. The van der Waals surface area contributed by atoms with Crippen LogP contribution >= 0.6 is 0 Å². The molecule has 0 aliphatic rings. The van der Waals surface area contributed by atoms with Gasteiger partial charge < -0.3 is 5.73 Å². The van der Waals surface area contributed by atoms with E-state index in [-0.39, 0.29) is 0 Å². The summed E-state index contributed by atoms with van der Waals surface area (Å²) >= 11 is 0. The Balaban J connectivity index is 2.83. The van der Waals surface area contributed by atoms with E-state index in [2.05, 4.69) is 10.2 Å². The van der Waals surface area contributed by atoms with Gasteiger partial charge in [0.15, 0.2) is 0 Å².